The molecular formula is C7H4BrFN2O. The summed E-state index contributed by atoms with van der Waals surface area (Å²) in [6.45, 7) is 0. The number of nitrogens with one attached hydrogen (secondary N) is 1. The highest BCUT2D eigenvalue weighted by Crippen LogP contribution is 2.25. The molecular weight excluding hydrogens is 227 g/mol. The minimum Gasteiger partial charge on any atom is -0.324 e. The molecule has 1 aliphatic rings. The molecule has 0 saturated carbocycles. The van der Waals surface area contributed by atoms with Crippen molar-refractivity contribution in [3.8, 4) is 0 Å². The molecule has 0 atom stereocenters. The van der Waals surface area contributed by atoms with Crippen LogP contribution in [0.1, 0.15) is 5.69 Å². The molecule has 0 spiro atoms. The SMILES string of the molecule is O=C1Cc2nc(Br)c(F)cc2N1. The van der Waals surface area contributed by atoms with Gasteiger partial charge in [0.05, 0.1) is 17.8 Å². The van der Waals surface area contributed by atoms with Crippen LogP contribution in [0.4, 0.5) is 10.1 Å². The quantitative estimate of drug-likeness (QED) is 0.687. The van der Waals surface area contributed by atoms with Crippen molar-refractivity contribution in [1.82, 2.24) is 4.98 Å². The maximum absolute atomic E-state index is 12.8. The van der Waals surface area contributed by atoms with E-state index in [0.717, 1.165) is 0 Å². The van der Waals surface area contributed by atoms with Crippen molar-refractivity contribution in [1.29, 1.82) is 0 Å². The van der Waals surface area contributed by atoms with Gasteiger partial charge in [-0.25, -0.2) is 9.37 Å². The molecule has 5 heteroatoms. The standard InChI is InChI=1S/C7H4BrFN2O/c8-7-3(9)1-4-5(11-7)2-6(12)10-4/h1H,2H2,(H,10,12). The average Bonchev–Trinajstić information content (AvgIpc) is 2.30. The lowest BCUT2D eigenvalue weighted by Crippen LogP contribution is -2.03. The first kappa shape index (κ1) is 7.67. The number of nitrogens with zero attached hydrogens (tertiary/aromatic N) is 1. The summed E-state index contributed by atoms with van der Waals surface area (Å²) in [7, 11) is 0. The van der Waals surface area contributed by atoms with Crippen LogP contribution in [0.15, 0.2) is 10.7 Å². The van der Waals surface area contributed by atoms with E-state index in [9.17, 15) is 9.18 Å². The summed E-state index contributed by atoms with van der Waals surface area (Å²) < 4.78 is 13.0. The van der Waals surface area contributed by atoms with Crippen LogP contribution < -0.4 is 5.32 Å². The number of hydrogen-bond acceptors (Lipinski definition) is 2. The van der Waals surface area contributed by atoms with E-state index in [1.165, 1.54) is 6.07 Å². The number of rotatable bonds is 0. The van der Waals surface area contributed by atoms with E-state index in [0.29, 0.717) is 11.4 Å². The van der Waals surface area contributed by atoms with Gasteiger partial charge in [0.25, 0.3) is 0 Å². The van der Waals surface area contributed by atoms with Gasteiger partial charge in [-0.2, -0.15) is 0 Å². The Morgan fingerprint density at radius 1 is 1.67 bits per heavy atom. The van der Waals surface area contributed by atoms with E-state index in [-0.39, 0.29) is 16.9 Å². The fourth-order valence-electron chi connectivity index (χ4n) is 1.09. The molecule has 2 heterocycles. The summed E-state index contributed by atoms with van der Waals surface area (Å²) >= 11 is 2.94. The molecule has 1 N–H and O–H groups in total. The van der Waals surface area contributed by atoms with Crippen molar-refractivity contribution in [2.24, 2.45) is 0 Å². The molecule has 1 aliphatic heterocycles. The summed E-state index contributed by atoms with van der Waals surface area (Å²) in [5.41, 5.74) is 1.06. The number of carbonyl (C=O) groups excluding carboxylic acids is 1. The molecule has 0 saturated heterocycles. The Kier molecular flexibility index (Phi) is 1.61. The van der Waals surface area contributed by atoms with Gasteiger partial charge in [0, 0.05) is 6.07 Å². The minimum atomic E-state index is -0.462. The number of fused-ring (bicyclic) bond motifs is 1. The Balaban J connectivity index is 2.55. The molecule has 1 aromatic rings. The van der Waals surface area contributed by atoms with Crippen LogP contribution >= 0.6 is 15.9 Å². The maximum Gasteiger partial charge on any atom is 0.230 e. The van der Waals surface area contributed by atoms with E-state index >= 15 is 0 Å². The zero-order valence-electron chi connectivity index (χ0n) is 5.90. The summed E-state index contributed by atoms with van der Waals surface area (Å²) in [4.78, 5) is 14.7. The molecule has 0 bridgehead atoms. The lowest BCUT2D eigenvalue weighted by molar-refractivity contribution is -0.115. The summed E-state index contributed by atoms with van der Waals surface area (Å²) in [6, 6.07) is 1.26. The largest absolute Gasteiger partial charge is 0.324 e. The number of anilines is 1. The number of hydrogen-bond donors (Lipinski definition) is 1. The number of amides is 1. The van der Waals surface area contributed by atoms with Crippen molar-refractivity contribution in [2.45, 2.75) is 6.42 Å². The molecule has 0 aromatic carbocycles. The van der Waals surface area contributed by atoms with Crippen molar-refractivity contribution in [3.05, 3.63) is 22.2 Å². The molecule has 0 aliphatic carbocycles. The Morgan fingerprint density at radius 2 is 2.42 bits per heavy atom. The smallest absolute Gasteiger partial charge is 0.230 e. The first-order chi connectivity index (χ1) is 5.66. The fraction of sp³-hybridized carbons (Fsp3) is 0.143. The molecule has 0 fully saturated rings. The van der Waals surface area contributed by atoms with E-state index in [4.69, 9.17) is 0 Å². The van der Waals surface area contributed by atoms with Crippen molar-refractivity contribution in [3.63, 3.8) is 0 Å². The molecule has 1 aromatic heterocycles. The number of pyridine rings is 1. The number of carbonyl (C=O) groups is 1. The zero-order valence-corrected chi connectivity index (χ0v) is 7.48. The molecule has 0 radical (unpaired) electrons. The van der Waals surface area contributed by atoms with Gasteiger partial charge < -0.3 is 5.32 Å². The zero-order chi connectivity index (χ0) is 8.72. The van der Waals surface area contributed by atoms with Gasteiger partial charge in [0.15, 0.2) is 5.82 Å². The van der Waals surface area contributed by atoms with E-state index in [2.05, 4.69) is 26.2 Å². The van der Waals surface area contributed by atoms with Gasteiger partial charge in [-0.1, -0.05) is 0 Å². The van der Waals surface area contributed by atoms with Gasteiger partial charge in [-0.05, 0) is 15.9 Å². The second kappa shape index (κ2) is 2.52. The van der Waals surface area contributed by atoms with Gasteiger partial charge >= 0.3 is 0 Å². The predicted molar refractivity (Wildman–Crippen MR) is 44.2 cm³/mol. The second-order valence-corrected chi connectivity index (χ2v) is 3.23. The number of aromatic nitrogens is 1. The minimum absolute atomic E-state index is 0.144. The second-order valence-electron chi connectivity index (χ2n) is 2.48. The number of halogens is 2. The van der Waals surface area contributed by atoms with Gasteiger partial charge in [0.1, 0.15) is 4.60 Å². The Labute approximate surface area is 76.1 Å². The third-order valence-electron chi connectivity index (χ3n) is 1.61. The summed E-state index contributed by atoms with van der Waals surface area (Å²) in [6.07, 6.45) is 0.230. The summed E-state index contributed by atoms with van der Waals surface area (Å²) in [5.74, 6) is -0.606. The highest BCUT2D eigenvalue weighted by atomic mass is 79.9. The molecule has 62 valence electrons. The van der Waals surface area contributed by atoms with E-state index < -0.39 is 5.82 Å². The molecule has 0 unspecified atom stereocenters. The topological polar surface area (TPSA) is 42.0 Å². The summed E-state index contributed by atoms with van der Waals surface area (Å²) in [5, 5.41) is 2.50. The highest BCUT2D eigenvalue weighted by Gasteiger charge is 2.20. The van der Waals surface area contributed by atoms with Crippen molar-refractivity contribution in [2.75, 3.05) is 5.32 Å². The van der Waals surface area contributed by atoms with Crippen LogP contribution in [0, 0.1) is 5.82 Å². The Morgan fingerprint density at radius 3 is 3.17 bits per heavy atom. The van der Waals surface area contributed by atoms with Crippen LogP contribution in [0.5, 0.6) is 0 Å². The maximum atomic E-state index is 12.8. The Hall–Kier alpha value is -0.970. The predicted octanol–water partition coefficient (Wildman–Crippen LogP) is 1.48. The van der Waals surface area contributed by atoms with Crippen LogP contribution in [0.3, 0.4) is 0 Å². The molecule has 2 rings (SSSR count). The van der Waals surface area contributed by atoms with Crippen LogP contribution in [0.25, 0.3) is 0 Å². The first-order valence-corrected chi connectivity index (χ1v) is 4.11. The van der Waals surface area contributed by atoms with Crippen LogP contribution in [0.2, 0.25) is 0 Å². The van der Waals surface area contributed by atoms with Gasteiger partial charge in [0.2, 0.25) is 5.91 Å². The monoisotopic (exact) mass is 230 g/mol. The van der Waals surface area contributed by atoms with Crippen LogP contribution in [-0.2, 0) is 11.2 Å². The normalized spacial score (nSPS) is 14.3. The molecule has 12 heavy (non-hydrogen) atoms. The average molecular weight is 231 g/mol. The molecule has 3 nitrogen and oxygen atoms in total. The lowest BCUT2D eigenvalue weighted by Gasteiger charge is -1.98. The fourth-order valence-corrected chi connectivity index (χ4v) is 1.42. The van der Waals surface area contributed by atoms with E-state index in [1.807, 2.05) is 0 Å². The van der Waals surface area contributed by atoms with E-state index in [1.54, 1.807) is 0 Å². The first-order valence-electron chi connectivity index (χ1n) is 3.31. The third-order valence-corrected chi connectivity index (χ3v) is 2.17. The molecule has 1 amide bonds. The van der Waals surface area contributed by atoms with Crippen molar-refractivity contribution < 1.29 is 9.18 Å². The van der Waals surface area contributed by atoms with Gasteiger partial charge in [-0.3, -0.25) is 4.79 Å². The van der Waals surface area contributed by atoms with Crippen LogP contribution in [-0.4, -0.2) is 10.9 Å². The lowest BCUT2D eigenvalue weighted by atomic mass is 10.3. The highest BCUT2D eigenvalue weighted by molar-refractivity contribution is 9.10. The third kappa shape index (κ3) is 1.10. The Bertz CT molecular complexity index is 334. The van der Waals surface area contributed by atoms with Crippen molar-refractivity contribution >= 4 is 27.5 Å². The van der Waals surface area contributed by atoms with Gasteiger partial charge in [-0.15, -0.1) is 0 Å².